The molecule has 1 aliphatic rings. The van der Waals surface area contributed by atoms with Crippen molar-refractivity contribution in [1.29, 1.82) is 0 Å². The lowest BCUT2D eigenvalue weighted by Gasteiger charge is -2.26. The summed E-state index contributed by atoms with van der Waals surface area (Å²) in [7, 11) is 0. The first-order valence-electron chi connectivity index (χ1n) is 9.10. The molecule has 4 rings (SSSR count). The Balaban J connectivity index is 1.55. The van der Waals surface area contributed by atoms with Gasteiger partial charge in [-0.1, -0.05) is 18.2 Å². The van der Waals surface area contributed by atoms with Gasteiger partial charge < -0.3 is 10.4 Å². The average molecular weight is 387 g/mol. The van der Waals surface area contributed by atoms with Crippen LogP contribution in [0.5, 0.6) is 0 Å². The van der Waals surface area contributed by atoms with Crippen LogP contribution in [0.25, 0.3) is 16.9 Å². The van der Waals surface area contributed by atoms with E-state index in [9.17, 15) is 18.7 Å². The van der Waals surface area contributed by atoms with Crippen molar-refractivity contribution in [2.45, 2.75) is 44.3 Å². The van der Waals surface area contributed by atoms with E-state index in [-0.39, 0.29) is 35.3 Å². The van der Waals surface area contributed by atoms with Gasteiger partial charge in [0.1, 0.15) is 5.69 Å². The first-order valence-corrected chi connectivity index (χ1v) is 9.10. The second-order valence-corrected chi connectivity index (χ2v) is 6.87. The van der Waals surface area contributed by atoms with Gasteiger partial charge in [0.15, 0.2) is 0 Å². The highest BCUT2D eigenvalue weighted by Gasteiger charge is 2.22. The van der Waals surface area contributed by atoms with Crippen LogP contribution in [0.3, 0.4) is 0 Å². The smallest absolute Gasteiger partial charge is 0.282 e. The summed E-state index contributed by atoms with van der Waals surface area (Å²) in [5, 5.41) is 16.7. The fourth-order valence-corrected chi connectivity index (χ4v) is 3.44. The molecule has 0 bridgehead atoms. The fraction of sp³-hybridized carbons (Fsp3) is 0.368. The SMILES string of the molecule is O=C(NC1CCC(O)CC1)c1cnc(-n2nc(C(F)F)c3ccccc32)nc1. The van der Waals surface area contributed by atoms with E-state index in [0.717, 1.165) is 12.8 Å². The van der Waals surface area contributed by atoms with Crippen LogP contribution in [0.1, 0.15) is 48.2 Å². The van der Waals surface area contributed by atoms with Crippen LogP contribution in [-0.2, 0) is 0 Å². The van der Waals surface area contributed by atoms with Gasteiger partial charge in [0.25, 0.3) is 18.3 Å². The second kappa shape index (κ2) is 7.59. The van der Waals surface area contributed by atoms with Gasteiger partial charge >= 0.3 is 0 Å². The highest BCUT2D eigenvalue weighted by atomic mass is 19.3. The molecule has 9 heteroatoms. The summed E-state index contributed by atoms with van der Waals surface area (Å²) in [6, 6.07) is 6.63. The van der Waals surface area contributed by atoms with E-state index in [2.05, 4.69) is 20.4 Å². The number of hydrogen-bond acceptors (Lipinski definition) is 5. The molecule has 0 spiro atoms. The molecule has 1 aliphatic carbocycles. The number of aromatic nitrogens is 4. The lowest BCUT2D eigenvalue weighted by atomic mass is 9.93. The highest BCUT2D eigenvalue weighted by molar-refractivity contribution is 5.93. The molecule has 0 saturated heterocycles. The third-order valence-corrected chi connectivity index (χ3v) is 4.94. The largest absolute Gasteiger partial charge is 0.393 e. The number of carbonyl (C=O) groups is 1. The average Bonchev–Trinajstić information content (AvgIpc) is 3.10. The number of nitrogens with one attached hydrogen (secondary N) is 1. The van der Waals surface area contributed by atoms with Crippen LogP contribution in [0.2, 0.25) is 0 Å². The van der Waals surface area contributed by atoms with Crippen LogP contribution < -0.4 is 5.32 Å². The predicted octanol–water partition coefficient (Wildman–Crippen LogP) is 2.79. The summed E-state index contributed by atoms with van der Waals surface area (Å²) in [6.07, 6.45) is 2.48. The minimum atomic E-state index is -2.72. The van der Waals surface area contributed by atoms with Crippen molar-refractivity contribution in [2.24, 2.45) is 0 Å². The van der Waals surface area contributed by atoms with Gasteiger partial charge in [-0.05, 0) is 31.7 Å². The lowest BCUT2D eigenvalue weighted by molar-refractivity contribution is 0.0867. The van der Waals surface area contributed by atoms with Gasteiger partial charge in [-0.15, -0.1) is 0 Å². The zero-order valence-corrected chi connectivity index (χ0v) is 14.9. The summed E-state index contributed by atoms with van der Waals surface area (Å²) in [6.45, 7) is 0. The van der Waals surface area contributed by atoms with Crippen molar-refractivity contribution in [3.8, 4) is 5.95 Å². The molecule has 1 fully saturated rings. The quantitative estimate of drug-likeness (QED) is 0.718. The van der Waals surface area contributed by atoms with Gasteiger partial charge in [-0.3, -0.25) is 4.79 Å². The van der Waals surface area contributed by atoms with E-state index >= 15 is 0 Å². The summed E-state index contributed by atoms with van der Waals surface area (Å²) in [5.41, 5.74) is 0.414. The minimum Gasteiger partial charge on any atom is -0.393 e. The third-order valence-electron chi connectivity index (χ3n) is 4.94. The van der Waals surface area contributed by atoms with Gasteiger partial charge in [0.05, 0.1) is 17.2 Å². The maximum Gasteiger partial charge on any atom is 0.282 e. The summed E-state index contributed by atoms with van der Waals surface area (Å²) in [5.74, 6) is -0.188. The molecule has 0 aliphatic heterocycles. The number of hydrogen-bond donors (Lipinski definition) is 2. The van der Waals surface area contributed by atoms with Crippen LogP contribution in [0.4, 0.5) is 8.78 Å². The number of halogens is 2. The first-order chi connectivity index (χ1) is 13.5. The van der Waals surface area contributed by atoms with Gasteiger partial charge in [-0.25, -0.2) is 18.7 Å². The Bertz CT molecular complexity index is 982. The molecule has 1 saturated carbocycles. The first kappa shape index (κ1) is 18.4. The molecule has 28 heavy (non-hydrogen) atoms. The number of rotatable bonds is 4. The highest BCUT2D eigenvalue weighted by Crippen LogP contribution is 2.28. The molecule has 3 aromatic rings. The normalized spacial score (nSPS) is 19.9. The van der Waals surface area contributed by atoms with Crippen molar-refractivity contribution in [2.75, 3.05) is 0 Å². The third kappa shape index (κ3) is 3.57. The van der Waals surface area contributed by atoms with E-state index in [4.69, 9.17) is 0 Å². The monoisotopic (exact) mass is 387 g/mol. The Morgan fingerprint density at radius 3 is 2.50 bits per heavy atom. The number of carbonyl (C=O) groups excluding carboxylic acids is 1. The number of alkyl halides is 2. The summed E-state index contributed by atoms with van der Waals surface area (Å²) >= 11 is 0. The minimum absolute atomic E-state index is 0.0132. The van der Waals surface area contributed by atoms with Gasteiger partial charge in [-0.2, -0.15) is 9.78 Å². The maximum atomic E-state index is 13.3. The van der Waals surface area contributed by atoms with Crippen LogP contribution in [0, 0.1) is 0 Å². The molecule has 1 amide bonds. The molecule has 2 heterocycles. The lowest BCUT2D eigenvalue weighted by Crippen LogP contribution is -2.38. The Morgan fingerprint density at radius 1 is 1.14 bits per heavy atom. The van der Waals surface area contributed by atoms with Crippen molar-refractivity contribution < 1.29 is 18.7 Å². The van der Waals surface area contributed by atoms with Gasteiger partial charge in [0.2, 0.25) is 0 Å². The van der Waals surface area contributed by atoms with E-state index in [1.165, 1.54) is 17.1 Å². The van der Waals surface area contributed by atoms with Gasteiger partial charge in [0, 0.05) is 23.8 Å². The Kier molecular flexibility index (Phi) is 4.99. The predicted molar refractivity (Wildman–Crippen MR) is 97.3 cm³/mol. The van der Waals surface area contributed by atoms with E-state index < -0.39 is 6.43 Å². The van der Waals surface area contributed by atoms with Crippen molar-refractivity contribution in [3.05, 3.63) is 47.9 Å². The number of fused-ring (bicyclic) bond motifs is 1. The standard InChI is InChI=1S/C19H19F2N5O2/c20-17(21)16-14-3-1-2-4-15(14)26(25-16)19-22-9-11(10-23-19)18(28)24-12-5-7-13(27)8-6-12/h1-4,9-10,12-13,17,27H,5-8H2,(H,24,28). The summed E-state index contributed by atoms with van der Waals surface area (Å²) in [4.78, 5) is 20.7. The molecule has 0 atom stereocenters. The number of benzene rings is 1. The number of aliphatic hydroxyl groups excluding tert-OH is 1. The Hall–Kier alpha value is -2.94. The van der Waals surface area contributed by atoms with Crippen molar-refractivity contribution in [3.63, 3.8) is 0 Å². The van der Waals surface area contributed by atoms with Crippen LogP contribution in [-0.4, -0.2) is 42.9 Å². The number of nitrogens with zero attached hydrogens (tertiary/aromatic N) is 4. The van der Waals surface area contributed by atoms with Crippen LogP contribution in [0.15, 0.2) is 36.7 Å². The Morgan fingerprint density at radius 2 is 1.82 bits per heavy atom. The zero-order chi connectivity index (χ0) is 19.7. The second-order valence-electron chi connectivity index (χ2n) is 6.87. The molecule has 2 N–H and O–H groups in total. The van der Waals surface area contributed by atoms with Crippen molar-refractivity contribution >= 4 is 16.8 Å². The van der Waals surface area contributed by atoms with E-state index in [0.29, 0.717) is 23.7 Å². The molecule has 7 nitrogen and oxygen atoms in total. The number of aliphatic hydroxyl groups is 1. The van der Waals surface area contributed by atoms with Crippen molar-refractivity contribution in [1.82, 2.24) is 25.1 Å². The zero-order valence-electron chi connectivity index (χ0n) is 14.9. The molecule has 2 aromatic heterocycles. The maximum absolute atomic E-state index is 13.3. The number of para-hydroxylation sites is 1. The fourth-order valence-electron chi connectivity index (χ4n) is 3.44. The summed E-state index contributed by atoms with van der Waals surface area (Å²) < 4.78 is 27.8. The Labute approximate surface area is 159 Å². The molecule has 0 radical (unpaired) electrons. The molecular formula is C19H19F2N5O2. The van der Waals surface area contributed by atoms with E-state index in [1.807, 2.05) is 0 Å². The molecule has 146 valence electrons. The van der Waals surface area contributed by atoms with E-state index in [1.54, 1.807) is 24.3 Å². The number of amides is 1. The molecule has 1 aromatic carbocycles. The van der Waals surface area contributed by atoms with Crippen LogP contribution >= 0.6 is 0 Å². The topological polar surface area (TPSA) is 92.9 Å². The molecular weight excluding hydrogens is 368 g/mol. The molecule has 0 unspecified atom stereocenters.